The lowest BCUT2D eigenvalue weighted by atomic mass is 9.47. The molecule has 0 unspecified atom stereocenters. The van der Waals surface area contributed by atoms with Crippen LogP contribution in [0.2, 0.25) is 0 Å². The number of nitro groups is 1. The minimum absolute atomic E-state index is 0.00919. The van der Waals surface area contributed by atoms with Crippen molar-refractivity contribution in [2.75, 3.05) is 0 Å². The smallest absolute Gasteiger partial charge is 0.302 e. The third-order valence-corrected chi connectivity index (χ3v) is 9.50. The number of carbonyl (C=O) groups is 1. The van der Waals surface area contributed by atoms with Gasteiger partial charge in [-0.05, 0) is 73.5 Å². The lowest BCUT2D eigenvalue weighted by Crippen LogP contribution is -2.52. The first-order chi connectivity index (χ1) is 14.2. The van der Waals surface area contributed by atoms with Crippen molar-refractivity contribution in [1.29, 1.82) is 5.26 Å². The molecule has 8 atom stereocenters. The maximum atomic E-state index is 11.7. The molecule has 0 aliphatic heterocycles. The molecule has 0 aromatic carbocycles. The summed E-state index contributed by atoms with van der Waals surface area (Å²) in [7, 11) is 0. The number of hydrogen-bond acceptors (Lipinski definition) is 5. The van der Waals surface area contributed by atoms with E-state index in [1.807, 2.05) is 0 Å². The number of fused-ring (bicyclic) bond motifs is 5. The monoisotopic (exact) mass is 414 g/mol. The average Bonchev–Trinajstić information content (AvgIpc) is 3.02. The highest BCUT2D eigenvalue weighted by molar-refractivity contribution is 5.66. The molecule has 6 heteroatoms. The molecule has 4 aliphatic rings. The van der Waals surface area contributed by atoms with Crippen molar-refractivity contribution in [3.63, 3.8) is 0 Å². The van der Waals surface area contributed by atoms with Gasteiger partial charge in [0.25, 0.3) is 0 Å². The fraction of sp³-hybridized carbons (Fsp3) is 0.833. The molecule has 0 spiro atoms. The number of hydrogen-bond donors (Lipinski definition) is 0. The van der Waals surface area contributed by atoms with E-state index in [1.54, 1.807) is 0 Å². The van der Waals surface area contributed by atoms with Crippen LogP contribution in [0.5, 0.6) is 0 Å². The van der Waals surface area contributed by atoms with Crippen LogP contribution >= 0.6 is 0 Å². The van der Waals surface area contributed by atoms with Crippen LogP contribution in [0, 0.1) is 55.9 Å². The molecule has 3 fully saturated rings. The van der Waals surface area contributed by atoms with Crippen molar-refractivity contribution < 1.29 is 14.5 Å². The summed E-state index contributed by atoms with van der Waals surface area (Å²) in [5, 5.41) is 20.9. The summed E-state index contributed by atoms with van der Waals surface area (Å²) < 4.78 is 5.52. The maximum absolute atomic E-state index is 11.7. The first kappa shape index (κ1) is 21.3. The topological polar surface area (TPSA) is 93.2 Å². The standard InChI is InChI=1S/C24H34N2O4/c1-15(27)30-17-8-11-23(2)16(14-17)4-5-18-19-6-7-21(22(10-13-25)26(28)29)24(19,3)12-9-20(18)23/h4,17-22H,5-12,14H2,1-3H3/t17-,18-,19-,20-,21+,22-,23-,24-/m0/s1. The molecule has 3 saturated carbocycles. The molecule has 0 saturated heterocycles. The Morgan fingerprint density at radius 3 is 2.73 bits per heavy atom. The number of ether oxygens (including phenoxy) is 1. The molecular weight excluding hydrogens is 380 g/mol. The molecule has 4 rings (SSSR count). The van der Waals surface area contributed by atoms with Gasteiger partial charge in [0, 0.05) is 24.2 Å². The Bertz CT molecular complexity index is 802. The van der Waals surface area contributed by atoms with Crippen molar-refractivity contribution >= 4 is 5.97 Å². The predicted molar refractivity (Wildman–Crippen MR) is 112 cm³/mol. The summed E-state index contributed by atoms with van der Waals surface area (Å²) >= 11 is 0. The fourth-order valence-electron chi connectivity index (χ4n) is 8.09. The van der Waals surface area contributed by atoms with Crippen molar-refractivity contribution in [2.45, 2.75) is 90.7 Å². The van der Waals surface area contributed by atoms with Crippen LogP contribution < -0.4 is 0 Å². The van der Waals surface area contributed by atoms with Gasteiger partial charge < -0.3 is 4.74 Å². The number of allylic oxidation sites excluding steroid dienone is 1. The molecule has 164 valence electrons. The first-order valence-electron chi connectivity index (χ1n) is 11.6. The minimum Gasteiger partial charge on any atom is -0.462 e. The second-order valence-electron chi connectivity index (χ2n) is 10.7. The van der Waals surface area contributed by atoms with Crippen molar-refractivity contribution in [1.82, 2.24) is 0 Å². The van der Waals surface area contributed by atoms with Crippen molar-refractivity contribution in [2.24, 2.45) is 34.5 Å². The van der Waals surface area contributed by atoms with Gasteiger partial charge in [-0.1, -0.05) is 25.5 Å². The lowest BCUT2D eigenvalue weighted by molar-refractivity contribution is -0.535. The number of nitriles is 1. The third-order valence-electron chi connectivity index (χ3n) is 9.50. The SMILES string of the molecule is CC(=O)O[C@H]1CC[C@@]2(C)C(=CC[C@H]3[C@@H]4CC[C@H]([C@H](CC#N)[N+](=O)[O-])[C@@]4(C)CC[C@@H]32)C1. The first-order valence-corrected chi connectivity index (χ1v) is 11.6. The number of nitrogens with zero attached hydrogens (tertiary/aromatic N) is 2. The van der Waals surface area contributed by atoms with E-state index in [4.69, 9.17) is 10.00 Å². The third kappa shape index (κ3) is 3.25. The van der Waals surface area contributed by atoms with E-state index >= 15 is 0 Å². The Kier molecular flexibility index (Phi) is 5.45. The Morgan fingerprint density at radius 2 is 2.07 bits per heavy atom. The van der Waals surface area contributed by atoms with Crippen LogP contribution in [-0.2, 0) is 9.53 Å². The van der Waals surface area contributed by atoms with Gasteiger partial charge in [0.15, 0.2) is 0 Å². The summed E-state index contributed by atoms with van der Waals surface area (Å²) in [4.78, 5) is 23.0. The van der Waals surface area contributed by atoms with Gasteiger partial charge >= 0.3 is 5.97 Å². The second-order valence-corrected chi connectivity index (χ2v) is 10.7. The second kappa shape index (κ2) is 7.66. The van der Waals surface area contributed by atoms with E-state index in [-0.39, 0.29) is 40.2 Å². The summed E-state index contributed by atoms with van der Waals surface area (Å²) in [5.74, 6) is 1.50. The van der Waals surface area contributed by atoms with Crippen LogP contribution in [0.25, 0.3) is 0 Å². The van der Waals surface area contributed by atoms with Crippen LogP contribution in [0.3, 0.4) is 0 Å². The van der Waals surface area contributed by atoms with Gasteiger partial charge in [0.05, 0.1) is 6.07 Å². The Labute approximate surface area is 179 Å². The summed E-state index contributed by atoms with van der Waals surface area (Å²) in [6, 6.07) is 1.34. The van der Waals surface area contributed by atoms with E-state index in [0.717, 1.165) is 51.4 Å². The van der Waals surface area contributed by atoms with Crippen LogP contribution in [-0.4, -0.2) is 23.0 Å². The highest BCUT2D eigenvalue weighted by atomic mass is 16.6. The van der Waals surface area contributed by atoms with E-state index in [1.165, 1.54) is 12.5 Å². The van der Waals surface area contributed by atoms with Gasteiger partial charge in [-0.25, -0.2) is 0 Å². The van der Waals surface area contributed by atoms with E-state index in [0.29, 0.717) is 17.8 Å². The quantitative estimate of drug-likeness (QED) is 0.277. The molecule has 0 aromatic heterocycles. The highest BCUT2D eigenvalue weighted by Gasteiger charge is 2.61. The molecule has 0 heterocycles. The summed E-state index contributed by atoms with van der Waals surface area (Å²) in [6.07, 6.45) is 10.4. The molecule has 0 aromatic rings. The molecule has 0 N–H and O–H groups in total. The van der Waals surface area contributed by atoms with Gasteiger partial charge in [0.1, 0.15) is 12.5 Å². The maximum Gasteiger partial charge on any atom is 0.302 e. The van der Waals surface area contributed by atoms with Crippen molar-refractivity contribution in [3.8, 4) is 6.07 Å². The van der Waals surface area contributed by atoms with Gasteiger partial charge in [-0.3, -0.25) is 14.9 Å². The summed E-state index contributed by atoms with van der Waals surface area (Å²) in [5.41, 5.74) is 1.59. The van der Waals surface area contributed by atoms with Crippen molar-refractivity contribution in [3.05, 3.63) is 21.8 Å². The van der Waals surface area contributed by atoms with E-state index in [2.05, 4.69) is 26.0 Å². The molecular formula is C24H34N2O4. The van der Waals surface area contributed by atoms with Crippen LogP contribution in [0.4, 0.5) is 0 Å². The van der Waals surface area contributed by atoms with Crippen LogP contribution in [0.15, 0.2) is 11.6 Å². The zero-order valence-electron chi connectivity index (χ0n) is 18.4. The zero-order valence-corrected chi connectivity index (χ0v) is 18.4. The molecule has 0 bridgehead atoms. The average molecular weight is 415 g/mol. The largest absolute Gasteiger partial charge is 0.462 e. The molecule has 6 nitrogen and oxygen atoms in total. The van der Waals surface area contributed by atoms with Crippen LogP contribution in [0.1, 0.15) is 78.6 Å². The number of esters is 1. The van der Waals surface area contributed by atoms with E-state index < -0.39 is 6.04 Å². The summed E-state index contributed by atoms with van der Waals surface area (Å²) in [6.45, 7) is 6.17. The fourth-order valence-corrected chi connectivity index (χ4v) is 8.09. The minimum atomic E-state index is -0.731. The highest BCUT2D eigenvalue weighted by Crippen LogP contribution is 2.66. The molecule has 4 aliphatic carbocycles. The van der Waals surface area contributed by atoms with Gasteiger partial charge in [-0.2, -0.15) is 5.26 Å². The lowest BCUT2D eigenvalue weighted by Gasteiger charge is -2.58. The molecule has 0 radical (unpaired) electrons. The number of carbonyl (C=O) groups excluding carboxylic acids is 1. The van der Waals surface area contributed by atoms with Gasteiger partial charge in [-0.15, -0.1) is 0 Å². The Hall–Kier alpha value is -1.90. The molecule has 0 amide bonds. The Balaban J connectivity index is 1.57. The van der Waals surface area contributed by atoms with Gasteiger partial charge in [0.2, 0.25) is 6.04 Å². The normalized spacial score (nSPS) is 43.3. The molecule has 30 heavy (non-hydrogen) atoms. The number of rotatable bonds is 4. The zero-order chi connectivity index (χ0) is 21.7. The predicted octanol–water partition coefficient (Wildman–Crippen LogP) is 5.06. The Morgan fingerprint density at radius 1 is 1.30 bits per heavy atom. The van der Waals surface area contributed by atoms with E-state index in [9.17, 15) is 14.9 Å².